The van der Waals surface area contributed by atoms with E-state index in [-0.39, 0.29) is 18.7 Å². The normalized spacial score (nSPS) is 17.2. The van der Waals surface area contributed by atoms with Gasteiger partial charge in [0.1, 0.15) is 23.4 Å². The van der Waals surface area contributed by atoms with Crippen molar-refractivity contribution in [2.24, 2.45) is 7.05 Å². The number of carbonyl (C=O) groups excluding carboxylic acids is 2. The quantitative estimate of drug-likeness (QED) is 0.921. The van der Waals surface area contributed by atoms with E-state index in [1.54, 1.807) is 25.6 Å². The number of para-hydroxylation sites is 1. The Labute approximate surface area is 143 Å². The highest BCUT2D eigenvalue weighted by Crippen LogP contribution is 2.27. The fourth-order valence-electron chi connectivity index (χ4n) is 3.12. The van der Waals surface area contributed by atoms with Gasteiger partial charge < -0.3 is 10.2 Å². The third-order valence-electron chi connectivity index (χ3n) is 4.45. The van der Waals surface area contributed by atoms with E-state index >= 15 is 0 Å². The van der Waals surface area contributed by atoms with E-state index in [2.05, 4.69) is 10.4 Å². The van der Waals surface area contributed by atoms with Crippen LogP contribution in [0.3, 0.4) is 0 Å². The smallest absolute Gasteiger partial charge is 0.255 e. The van der Waals surface area contributed by atoms with Crippen LogP contribution in [0.15, 0.2) is 18.2 Å². The van der Waals surface area contributed by atoms with E-state index < -0.39 is 29.5 Å². The largest absolute Gasteiger partial charge is 0.340 e. The van der Waals surface area contributed by atoms with Gasteiger partial charge in [-0.1, -0.05) is 6.07 Å². The summed E-state index contributed by atoms with van der Waals surface area (Å²) in [6.45, 7) is 3.60. The number of aryl methyl sites for hydroxylation is 2. The molecule has 0 spiro atoms. The maximum atomic E-state index is 13.9. The van der Waals surface area contributed by atoms with Crippen LogP contribution < -0.4 is 10.2 Å². The molecule has 1 fully saturated rings. The second-order valence-corrected chi connectivity index (χ2v) is 6.04. The van der Waals surface area contributed by atoms with Crippen LogP contribution in [0.2, 0.25) is 0 Å². The van der Waals surface area contributed by atoms with E-state index in [1.807, 2.05) is 0 Å². The zero-order valence-corrected chi connectivity index (χ0v) is 14.1. The van der Waals surface area contributed by atoms with Gasteiger partial charge in [0.15, 0.2) is 0 Å². The molecule has 0 saturated carbocycles. The lowest BCUT2D eigenvalue weighted by molar-refractivity contribution is -0.118. The van der Waals surface area contributed by atoms with Crippen molar-refractivity contribution in [2.75, 3.05) is 11.4 Å². The van der Waals surface area contributed by atoms with Crippen LogP contribution in [0.4, 0.5) is 14.5 Å². The summed E-state index contributed by atoms with van der Waals surface area (Å²) in [5.41, 5.74) is 1.27. The van der Waals surface area contributed by atoms with Gasteiger partial charge in [0, 0.05) is 19.3 Å². The number of amides is 2. The molecule has 1 N–H and O–H groups in total. The second kappa shape index (κ2) is 6.27. The summed E-state index contributed by atoms with van der Waals surface area (Å²) in [6.07, 6.45) is 0.275. The van der Waals surface area contributed by atoms with Gasteiger partial charge in [0.2, 0.25) is 5.91 Å². The number of hydrogen-bond acceptors (Lipinski definition) is 3. The van der Waals surface area contributed by atoms with Crippen LogP contribution in [0.1, 0.15) is 28.2 Å². The number of nitrogens with zero attached hydrogens (tertiary/aromatic N) is 3. The van der Waals surface area contributed by atoms with Crippen molar-refractivity contribution in [2.45, 2.75) is 26.3 Å². The van der Waals surface area contributed by atoms with Gasteiger partial charge in [0.25, 0.3) is 5.91 Å². The number of aromatic nitrogens is 2. The van der Waals surface area contributed by atoms with Crippen molar-refractivity contribution < 1.29 is 18.4 Å². The summed E-state index contributed by atoms with van der Waals surface area (Å²) in [5, 5.41) is 6.82. The molecule has 1 aliphatic heterocycles. The molecule has 1 atom stereocenters. The van der Waals surface area contributed by atoms with Crippen LogP contribution in [-0.4, -0.2) is 34.2 Å². The summed E-state index contributed by atoms with van der Waals surface area (Å²) < 4.78 is 29.4. The average molecular weight is 348 g/mol. The van der Waals surface area contributed by atoms with E-state index in [1.165, 1.54) is 6.07 Å². The molecule has 1 saturated heterocycles. The summed E-state index contributed by atoms with van der Waals surface area (Å²) >= 11 is 0. The lowest BCUT2D eigenvalue weighted by Gasteiger charge is -2.18. The zero-order valence-electron chi connectivity index (χ0n) is 14.1. The Kier molecular flexibility index (Phi) is 4.28. The summed E-state index contributed by atoms with van der Waals surface area (Å²) in [6, 6.07) is 2.60. The maximum Gasteiger partial charge on any atom is 0.255 e. The minimum Gasteiger partial charge on any atom is -0.340 e. The van der Waals surface area contributed by atoms with Crippen LogP contribution in [0.25, 0.3) is 0 Å². The van der Waals surface area contributed by atoms with Crippen molar-refractivity contribution in [3.8, 4) is 0 Å². The fourth-order valence-corrected chi connectivity index (χ4v) is 3.12. The zero-order chi connectivity index (χ0) is 18.3. The first-order valence-corrected chi connectivity index (χ1v) is 7.87. The van der Waals surface area contributed by atoms with Crippen molar-refractivity contribution in [1.29, 1.82) is 0 Å². The molecule has 6 nitrogen and oxygen atoms in total. The molecule has 1 unspecified atom stereocenters. The molecule has 1 aromatic carbocycles. The van der Waals surface area contributed by atoms with Gasteiger partial charge in [-0.25, -0.2) is 8.78 Å². The highest BCUT2D eigenvalue weighted by molar-refractivity contribution is 6.04. The molecule has 0 radical (unpaired) electrons. The number of carbonyl (C=O) groups is 2. The van der Waals surface area contributed by atoms with Crippen LogP contribution in [0, 0.1) is 25.5 Å². The Morgan fingerprint density at radius 1 is 1.28 bits per heavy atom. The van der Waals surface area contributed by atoms with Gasteiger partial charge in [-0.3, -0.25) is 14.3 Å². The predicted octanol–water partition coefficient (Wildman–Crippen LogP) is 1.85. The highest BCUT2D eigenvalue weighted by atomic mass is 19.1. The van der Waals surface area contributed by atoms with Crippen LogP contribution in [0.5, 0.6) is 0 Å². The minimum absolute atomic E-state index is 0.132. The molecule has 1 aliphatic rings. The summed E-state index contributed by atoms with van der Waals surface area (Å²) in [7, 11) is 1.72. The first-order valence-electron chi connectivity index (χ1n) is 7.87. The van der Waals surface area contributed by atoms with E-state index in [0.717, 1.165) is 17.0 Å². The predicted molar refractivity (Wildman–Crippen MR) is 87.3 cm³/mol. The van der Waals surface area contributed by atoms with E-state index in [4.69, 9.17) is 0 Å². The molecule has 8 heteroatoms. The Morgan fingerprint density at radius 3 is 2.48 bits per heavy atom. The Bertz CT molecular complexity index is 842. The average Bonchev–Trinajstić information content (AvgIpc) is 3.00. The van der Waals surface area contributed by atoms with Crippen molar-refractivity contribution in [3.63, 3.8) is 0 Å². The maximum absolute atomic E-state index is 13.9. The standard InChI is InChI=1S/C17H18F2N4O2/c1-9-14(10(2)22(3)21-9)16(24)20-13-7-8-23(17(13)25)15-11(18)5-4-6-12(15)19/h4-6,13H,7-8H2,1-3H3,(H,20,24). The molecular weight excluding hydrogens is 330 g/mol. The van der Waals surface area contributed by atoms with Gasteiger partial charge in [-0.2, -0.15) is 5.10 Å². The molecule has 2 amide bonds. The second-order valence-electron chi connectivity index (χ2n) is 6.04. The van der Waals surface area contributed by atoms with Crippen molar-refractivity contribution in [1.82, 2.24) is 15.1 Å². The third-order valence-corrected chi connectivity index (χ3v) is 4.45. The molecule has 25 heavy (non-hydrogen) atoms. The lowest BCUT2D eigenvalue weighted by atomic mass is 10.1. The molecule has 0 aliphatic carbocycles. The number of rotatable bonds is 3. The van der Waals surface area contributed by atoms with Crippen molar-refractivity contribution >= 4 is 17.5 Å². The van der Waals surface area contributed by atoms with Crippen molar-refractivity contribution in [3.05, 3.63) is 46.8 Å². The lowest BCUT2D eigenvalue weighted by Crippen LogP contribution is -2.42. The minimum atomic E-state index is -0.828. The Hall–Kier alpha value is -2.77. The molecule has 0 bridgehead atoms. The van der Waals surface area contributed by atoms with Gasteiger partial charge >= 0.3 is 0 Å². The monoisotopic (exact) mass is 348 g/mol. The Morgan fingerprint density at radius 2 is 1.92 bits per heavy atom. The van der Waals surface area contributed by atoms with E-state index in [0.29, 0.717) is 17.0 Å². The number of halogens is 2. The Balaban J connectivity index is 1.80. The molecule has 2 aromatic rings. The van der Waals surface area contributed by atoms with Gasteiger partial charge in [0.05, 0.1) is 11.3 Å². The van der Waals surface area contributed by atoms with Gasteiger partial charge in [-0.05, 0) is 32.4 Å². The number of hydrogen-bond donors (Lipinski definition) is 1. The molecule has 3 rings (SSSR count). The molecule has 1 aromatic heterocycles. The van der Waals surface area contributed by atoms with E-state index in [9.17, 15) is 18.4 Å². The first kappa shape index (κ1) is 17.1. The molecular formula is C17H18F2N4O2. The molecule has 2 heterocycles. The van der Waals surface area contributed by atoms with Crippen LogP contribution in [-0.2, 0) is 11.8 Å². The topological polar surface area (TPSA) is 67.2 Å². The highest BCUT2D eigenvalue weighted by Gasteiger charge is 2.36. The van der Waals surface area contributed by atoms with Crippen LogP contribution >= 0.6 is 0 Å². The summed E-state index contributed by atoms with van der Waals surface area (Å²) in [5.74, 6) is -2.56. The van der Waals surface area contributed by atoms with Gasteiger partial charge in [-0.15, -0.1) is 0 Å². The number of benzene rings is 1. The SMILES string of the molecule is Cc1nn(C)c(C)c1C(=O)NC1CCN(c2c(F)cccc2F)C1=O. The molecule has 132 valence electrons. The fraction of sp³-hybridized carbons (Fsp3) is 0.353. The first-order chi connectivity index (χ1) is 11.8. The summed E-state index contributed by atoms with van der Waals surface area (Å²) in [4.78, 5) is 26.0. The number of nitrogens with one attached hydrogen (secondary N) is 1. The third kappa shape index (κ3) is 2.88. The number of anilines is 1.